The minimum absolute atomic E-state index is 0.0739. The second-order valence-electron chi connectivity index (χ2n) is 5.94. The molecule has 0 bridgehead atoms. The molecule has 0 spiro atoms. The zero-order valence-corrected chi connectivity index (χ0v) is 12.2. The van der Waals surface area contributed by atoms with Gasteiger partial charge in [0, 0.05) is 24.2 Å². The summed E-state index contributed by atoms with van der Waals surface area (Å²) in [7, 11) is 0. The van der Waals surface area contributed by atoms with E-state index in [9.17, 15) is 8.78 Å². The highest BCUT2D eigenvalue weighted by Gasteiger charge is 2.29. The summed E-state index contributed by atoms with van der Waals surface area (Å²) in [5.41, 5.74) is 7.05. The number of alkyl halides is 2. The van der Waals surface area contributed by atoms with Crippen LogP contribution in [-0.4, -0.2) is 24.0 Å². The summed E-state index contributed by atoms with van der Waals surface area (Å²) in [6.45, 7) is 6.06. The molecule has 20 heavy (non-hydrogen) atoms. The Morgan fingerprint density at radius 3 is 2.30 bits per heavy atom. The number of likely N-dealkylation sites (tertiary alicyclic amines) is 1. The number of piperidine rings is 1. The molecule has 1 aromatic carbocycles. The van der Waals surface area contributed by atoms with Gasteiger partial charge in [-0.1, -0.05) is 31.2 Å². The number of nitrogens with two attached hydrogens (primary N) is 1. The van der Waals surface area contributed by atoms with E-state index in [0.29, 0.717) is 12.6 Å². The fraction of sp³-hybridized carbons (Fsp3) is 0.625. The second-order valence-corrected chi connectivity index (χ2v) is 5.94. The topological polar surface area (TPSA) is 29.3 Å². The van der Waals surface area contributed by atoms with Crippen molar-refractivity contribution in [1.82, 2.24) is 4.90 Å². The standard InChI is InChI=1S/C16H24F2N2/c1-11-7-8-20(12(2)9-11)15(10-19)13-3-5-14(6-4-13)16(17)18/h3-6,11-12,15-16H,7-10,19H2,1-2H3. The Morgan fingerprint density at radius 2 is 1.80 bits per heavy atom. The molecular weight excluding hydrogens is 258 g/mol. The molecule has 3 atom stereocenters. The number of hydrogen-bond donors (Lipinski definition) is 1. The van der Waals surface area contributed by atoms with Crippen molar-refractivity contribution in [3.63, 3.8) is 0 Å². The lowest BCUT2D eigenvalue weighted by Crippen LogP contribution is -2.44. The Labute approximate surface area is 120 Å². The quantitative estimate of drug-likeness (QED) is 0.911. The molecule has 1 heterocycles. The molecular formula is C16H24F2N2. The fourth-order valence-corrected chi connectivity index (χ4v) is 3.22. The van der Waals surface area contributed by atoms with Crippen LogP contribution in [0, 0.1) is 5.92 Å². The SMILES string of the molecule is CC1CCN(C(CN)c2ccc(C(F)F)cc2)C(C)C1. The van der Waals surface area contributed by atoms with Crippen molar-refractivity contribution >= 4 is 0 Å². The highest BCUT2D eigenvalue weighted by Crippen LogP contribution is 2.31. The van der Waals surface area contributed by atoms with Gasteiger partial charge in [-0.2, -0.15) is 0 Å². The van der Waals surface area contributed by atoms with Gasteiger partial charge in [-0.3, -0.25) is 4.90 Å². The molecule has 4 heteroatoms. The van der Waals surface area contributed by atoms with E-state index in [2.05, 4.69) is 18.7 Å². The minimum atomic E-state index is -2.41. The summed E-state index contributed by atoms with van der Waals surface area (Å²) in [5, 5.41) is 0. The lowest BCUT2D eigenvalue weighted by Gasteiger charge is -2.41. The van der Waals surface area contributed by atoms with E-state index in [0.717, 1.165) is 18.0 Å². The molecule has 1 aliphatic heterocycles. The first-order chi connectivity index (χ1) is 9.52. The van der Waals surface area contributed by atoms with Crippen LogP contribution in [0.3, 0.4) is 0 Å². The van der Waals surface area contributed by atoms with E-state index in [4.69, 9.17) is 5.73 Å². The van der Waals surface area contributed by atoms with Crippen LogP contribution in [0.15, 0.2) is 24.3 Å². The van der Waals surface area contributed by atoms with Gasteiger partial charge in [0.25, 0.3) is 6.43 Å². The molecule has 0 aliphatic carbocycles. The smallest absolute Gasteiger partial charge is 0.263 e. The molecule has 0 saturated carbocycles. The Bertz CT molecular complexity index is 419. The van der Waals surface area contributed by atoms with Crippen LogP contribution in [-0.2, 0) is 0 Å². The molecule has 3 unspecified atom stereocenters. The number of benzene rings is 1. The Kier molecular flexibility index (Phi) is 5.11. The predicted molar refractivity (Wildman–Crippen MR) is 77.8 cm³/mol. The molecule has 2 N–H and O–H groups in total. The van der Waals surface area contributed by atoms with Gasteiger partial charge in [-0.05, 0) is 37.8 Å². The van der Waals surface area contributed by atoms with Crippen molar-refractivity contribution in [1.29, 1.82) is 0 Å². The number of rotatable bonds is 4. The van der Waals surface area contributed by atoms with Crippen molar-refractivity contribution < 1.29 is 8.78 Å². The summed E-state index contributed by atoms with van der Waals surface area (Å²) in [4.78, 5) is 2.41. The average Bonchev–Trinajstić information content (AvgIpc) is 2.42. The van der Waals surface area contributed by atoms with Crippen LogP contribution in [0.4, 0.5) is 8.78 Å². The van der Waals surface area contributed by atoms with Gasteiger partial charge in [0.05, 0.1) is 0 Å². The number of nitrogens with zero attached hydrogens (tertiary/aromatic N) is 1. The lowest BCUT2D eigenvalue weighted by molar-refractivity contribution is 0.0846. The Balaban J connectivity index is 2.15. The largest absolute Gasteiger partial charge is 0.329 e. The molecule has 2 nitrogen and oxygen atoms in total. The van der Waals surface area contributed by atoms with Crippen LogP contribution >= 0.6 is 0 Å². The highest BCUT2D eigenvalue weighted by atomic mass is 19.3. The molecule has 2 rings (SSSR count). The van der Waals surface area contributed by atoms with Crippen LogP contribution in [0.25, 0.3) is 0 Å². The fourth-order valence-electron chi connectivity index (χ4n) is 3.22. The average molecular weight is 282 g/mol. The molecule has 1 fully saturated rings. The van der Waals surface area contributed by atoms with Crippen LogP contribution < -0.4 is 5.73 Å². The summed E-state index contributed by atoms with van der Waals surface area (Å²) in [6.07, 6.45) is -0.0585. The van der Waals surface area contributed by atoms with Crippen molar-refractivity contribution in [2.45, 2.75) is 45.2 Å². The van der Waals surface area contributed by atoms with Crippen LogP contribution in [0.2, 0.25) is 0 Å². The van der Waals surface area contributed by atoms with Crippen LogP contribution in [0.1, 0.15) is 50.3 Å². The third-order valence-corrected chi connectivity index (χ3v) is 4.39. The summed E-state index contributed by atoms with van der Waals surface area (Å²) < 4.78 is 25.2. The molecule has 0 radical (unpaired) electrons. The van der Waals surface area contributed by atoms with Gasteiger partial charge in [-0.15, -0.1) is 0 Å². The van der Waals surface area contributed by atoms with Gasteiger partial charge >= 0.3 is 0 Å². The van der Waals surface area contributed by atoms with Gasteiger partial charge in [0.2, 0.25) is 0 Å². The third kappa shape index (κ3) is 3.36. The molecule has 112 valence electrons. The minimum Gasteiger partial charge on any atom is -0.329 e. The van der Waals surface area contributed by atoms with Crippen LogP contribution in [0.5, 0.6) is 0 Å². The van der Waals surface area contributed by atoms with E-state index in [1.54, 1.807) is 12.1 Å². The zero-order chi connectivity index (χ0) is 14.7. The van der Waals surface area contributed by atoms with Gasteiger partial charge < -0.3 is 5.73 Å². The first-order valence-corrected chi connectivity index (χ1v) is 7.36. The van der Waals surface area contributed by atoms with Gasteiger partial charge in [-0.25, -0.2) is 8.78 Å². The van der Waals surface area contributed by atoms with Crippen molar-refractivity contribution in [2.75, 3.05) is 13.1 Å². The van der Waals surface area contributed by atoms with Crippen molar-refractivity contribution in [2.24, 2.45) is 11.7 Å². The van der Waals surface area contributed by atoms with E-state index >= 15 is 0 Å². The Hall–Kier alpha value is -1.00. The maximum absolute atomic E-state index is 12.6. The summed E-state index contributed by atoms with van der Waals surface area (Å²) in [5.74, 6) is 0.751. The molecule has 1 saturated heterocycles. The van der Waals surface area contributed by atoms with Gasteiger partial charge in [0.1, 0.15) is 0 Å². The maximum Gasteiger partial charge on any atom is 0.263 e. The summed E-state index contributed by atoms with van der Waals surface area (Å²) in [6, 6.07) is 7.24. The Morgan fingerprint density at radius 1 is 1.20 bits per heavy atom. The van der Waals surface area contributed by atoms with E-state index in [-0.39, 0.29) is 11.6 Å². The van der Waals surface area contributed by atoms with Crippen molar-refractivity contribution in [3.8, 4) is 0 Å². The summed E-state index contributed by atoms with van der Waals surface area (Å²) >= 11 is 0. The molecule has 1 aliphatic rings. The highest BCUT2D eigenvalue weighted by molar-refractivity contribution is 5.26. The third-order valence-electron chi connectivity index (χ3n) is 4.39. The van der Waals surface area contributed by atoms with Gasteiger partial charge in [0.15, 0.2) is 0 Å². The number of halogens is 2. The van der Waals surface area contributed by atoms with E-state index in [1.807, 2.05) is 0 Å². The molecule has 1 aromatic rings. The first-order valence-electron chi connectivity index (χ1n) is 7.36. The maximum atomic E-state index is 12.6. The van der Waals surface area contributed by atoms with E-state index in [1.165, 1.54) is 25.0 Å². The first kappa shape index (κ1) is 15.4. The van der Waals surface area contributed by atoms with Crippen molar-refractivity contribution in [3.05, 3.63) is 35.4 Å². The second kappa shape index (κ2) is 6.64. The van der Waals surface area contributed by atoms with E-state index < -0.39 is 6.43 Å². The normalized spacial score (nSPS) is 25.9. The predicted octanol–water partition coefficient (Wildman–Crippen LogP) is 3.74. The molecule has 0 amide bonds. The molecule has 0 aromatic heterocycles. The number of hydrogen-bond acceptors (Lipinski definition) is 2. The monoisotopic (exact) mass is 282 g/mol. The lowest BCUT2D eigenvalue weighted by atomic mass is 9.90. The zero-order valence-electron chi connectivity index (χ0n) is 12.2.